The van der Waals surface area contributed by atoms with Crippen LogP contribution in [-0.2, 0) is 4.74 Å². The zero-order chi connectivity index (χ0) is 11.1. The number of hydrogen-bond acceptors (Lipinski definition) is 4. The summed E-state index contributed by atoms with van der Waals surface area (Å²) in [7, 11) is 0. The number of nitrogens with two attached hydrogens (primary N) is 2. The maximum Gasteiger partial charge on any atom is 0.147 e. The van der Waals surface area contributed by atoms with Gasteiger partial charge in [0.05, 0.1) is 18.9 Å². The number of anilines is 1. The quantitative estimate of drug-likeness (QED) is 0.441. The molecule has 0 aliphatic heterocycles. The fourth-order valence-electron chi connectivity index (χ4n) is 1.00. The minimum absolute atomic E-state index is 0.179. The average Bonchev–Trinajstić information content (AvgIpc) is 2.23. The van der Waals surface area contributed by atoms with Gasteiger partial charge in [0.15, 0.2) is 0 Å². The van der Waals surface area contributed by atoms with Crippen LogP contribution in [-0.4, -0.2) is 25.5 Å². The van der Waals surface area contributed by atoms with E-state index in [4.69, 9.17) is 16.2 Å². The van der Waals surface area contributed by atoms with Gasteiger partial charge in [0.1, 0.15) is 5.82 Å². The van der Waals surface area contributed by atoms with Crippen LogP contribution < -0.4 is 11.5 Å². The zero-order valence-electron chi connectivity index (χ0n) is 8.41. The maximum absolute atomic E-state index is 13.0. The second-order valence-corrected chi connectivity index (χ2v) is 4.10. The fourth-order valence-corrected chi connectivity index (χ4v) is 1.79. The van der Waals surface area contributed by atoms with Crippen molar-refractivity contribution in [2.24, 2.45) is 5.73 Å². The third-order valence-electron chi connectivity index (χ3n) is 1.73. The van der Waals surface area contributed by atoms with Crippen LogP contribution in [0.2, 0.25) is 0 Å². The molecule has 0 aromatic heterocycles. The van der Waals surface area contributed by atoms with Crippen LogP contribution in [0.3, 0.4) is 0 Å². The summed E-state index contributed by atoms with van der Waals surface area (Å²) in [5, 5.41) is 0. The Bertz CT molecular complexity index is 309. The molecule has 15 heavy (non-hydrogen) atoms. The molecule has 0 atom stereocenters. The van der Waals surface area contributed by atoms with Crippen molar-refractivity contribution in [2.45, 2.75) is 4.90 Å². The van der Waals surface area contributed by atoms with Crippen LogP contribution in [0.4, 0.5) is 10.1 Å². The van der Waals surface area contributed by atoms with E-state index in [-0.39, 0.29) is 11.5 Å². The molecule has 0 saturated heterocycles. The van der Waals surface area contributed by atoms with Gasteiger partial charge in [0, 0.05) is 17.2 Å². The highest BCUT2D eigenvalue weighted by Gasteiger charge is 2.00. The van der Waals surface area contributed by atoms with Crippen molar-refractivity contribution in [1.82, 2.24) is 0 Å². The topological polar surface area (TPSA) is 61.3 Å². The molecule has 3 nitrogen and oxygen atoms in total. The molecule has 1 aromatic rings. The molecule has 0 aliphatic carbocycles. The predicted octanol–water partition coefficient (Wildman–Crippen LogP) is 1.48. The molecule has 1 aromatic carbocycles. The van der Waals surface area contributed by atoms with Crippen molar-refractivity contribution in [3.8, 4) is 0 Å². The van der Waals surface area contributed by atoms with E-state index in [1.165, 1.54) is 17.8 Å². The molecule has 84 valence electrons. The highest BCUT2D eigenvalue weighted by atomic mass is 32.2. The fraction of sp³-hybridized carbons (Fsp3) is 0.400. The second-order valence-electron chi connectivity index (χ2n) is 2.93. The van der Waals surface area contributed by atoms with Crippen molar-refractivity contribution in [2.75, 3.05) is 31.2 Å². The van der Waals surface area contributed by atoms with E-state index < -0.39 is 0 Å². The molecule has 0 aliphatic rings. The Morgan fingerprint density at radius 1 is 1.33 bits per heavy atom. The summed E-state index contributed by atoms with van der Waals surface area (Å²) in [6.45, 7) is 1.71. The van der Waals surface area contributed by atoms with E-state index in [1.807, 2.05) is 0 Å². The Balaban J connectivity index is 2.28. The molecule has 0 saturated carbocycles. The van der Waals surface area contributed by atoms with Crippen LogP contribution in [0, 0.1) is 5.82 Å². The second kappa shape index (κ2) is 6.66. The normalized spacial score (nSPS) is 10.5. The first-order valence-corrected chi connectivity index (χ1v) is 5.68. The van der Waals surface area contributed by atoms with Crippen molar-refractivity contribution < 1.29 is 9.13 Å². The largest absolute Gasteiger partial charge is 0.396 e. The third-order valence-corrected chi connectivity index (χ3v) is 2.69. The van der Waals surface area contributed by atoms with E-state index in [2.05, 4.69) is 0 Å². The number of ether oxygens (including phenoxy) is 1. The predicted molar refractivity (Wildman–Crippen MR) is 61.4 cm³/mol. The van der Waals surface area contributed by atoms with Crippen molar-refractivity contribution in [3.63, 3.8) is 0 Å². The van der Waals surface area contributed by atoms with Crippen LogP contribution in [0.25, 0.3) is 0 Å². The minimum atomic E-state index is -0.372. The molecule has 0 heterocycles. The molecule has 5 heteroatoms. The Kier molecular flexibility index (Phi) is 5.45. The molecule has 1 rings (SSSR count). The standard InChI is InChI=1S/C10H15FN2OS/c11-9-7-8(1-2-10(9)13)15-6-5-14-4-3-12/h1-2,7H,3-6,12-13H2. The van der Waals surface area contributed by atoms with Gasteiger partial charge >= 0.3 is 0 Å². The van der Waals surface area contributed by atoms with Crippen LogP contribution >= 0.6 is 11.8 Å². The molecule has 0 fully saturated rings. The van der Waals surface area contributed by atoms with Gasteiger partial charge in [0.25, 0.3) is 0 Å². The number of halogens is 1. The Hall–Kier alpha value is -0.780. The Labute approximate surface area is 93.0 Å². The van der Waals surface area contributed by atoms with E-state index in [0.29, 0.717) is 19.8 Å². The number of benzene rings is 1. The molecule has 4 N–H and O–H groups in total. The highest BCUT2D eigenvalue weighted by molar-refractivity contribution is 7.99. The van der Waals surface area contributed by atoms with Gasteiger partial charge in [0.2, 0.25) is 0 Å². The van der Waals surface area contributed by atoms with Crippen LogP contribution in [0.5, 0.6) is 0 Å². The molecule has 0 bridgehead atoms. The van der Waals surface area contributed by atoms with E-state index in [0.717, 1.165) is 10.6 Å². The summed E-state index contributed by atoms with van der Waals surface area (Å²) < 4.78 is 18.2. The lowest BCUT2D eigenvalue weighted by atomic mass is 10.3. The Morgan fingerprint density at radius 2 is 2.13 bits per heavy atom. The summed E-state index contributed by atoms with van der Waals surface area (Å²) in [4.78, 5) is 0.859. The minimum Gasteiger partial charge on any atom is -0.396 e. The SMILES string of the molecule is NCCOCCSc1ccc(N)c(F)c1. The first-order valence-electron chi connectivity index (χ1n) is 4.69. The van der Waals surface area contributed by atoms with Crippen molar-refractivity contribution in [3.05, 3.63) is 24.0 Å². The van der Waals surface area contributed by atoms with Gasteiger partial charge in [-0.25, -0.2) is 4.39 Å². The maximum atomic E-state index is 13.0. The number of thioether (sulfide) groups is 1. The number of nitrogen functional groups attached to an aromatic ring is 1. The van der Waals surface area contributed by atoms with Crippen molar-refractivity contribution >= 4 is 17.4 Å². The van der Waals surface area contributed by atoms with E-state index in [1.54, 1.807) is 12.1 Å². The summed E-state index contributed by atoms with van der Waals surface area (Å²) in [5.41, 5.74) is 10.8. The molecule has 0 radical (unpaired) electrons. The monoisotopic (exact) mass is 230 g/mol. The third kappa shape index (κ3) is 4.51. The molecular formula is C10H15FN2OS. The number of rotatable bonds is 6. The zero-order valence-corrected chi connectivity index (χ0v) is 9.23. The smallest absolute Gasteiger partial charge is 0.147 e. The summed E-state index contributed by atoms with van der Waals surface area (Å²) >= 11 is 1.53. The molecule has 0 amide bonds. The first kappa shape index (κ1) is 12.3. The molecular weight excluding hydrogens is 215 g/mol. The van der Waals surface area contributed by atoms with Crippen LogP contribution in [0.15, 0.2) is 23.1 Å². The average molecular weight is 230 g/mol. The summed E-state index contributed by atoms with van der Waals surface area (Å²) in [6, 6.07) is 4.80. The van der Waals surface area contributed by atoms with E-state index in [9.17, 15) is 4.39 Å². The molecule has 0 unspecified atom stereocenters. The first-order chi connectivity index (χ1) is 7.24. The van der Waals surface area contributed by atoms with Gasteiger partial charge in [-0.3, -0.25) is 0 Å². The van der Waals surface area contributed by atoms with E-state index >= 15 is 0 Å². The van der Waals surface area contributed by atoms with Gasteiger partial charge < -0.3 is 16.2 Å². The van der Waals surface area contributed by atoms with Gasteiger partial charge in [-0.15, -0.1) is 11.8 Å². The van der Waals surface area contributed by atoms with Gasteiger partial charge in [-0.05, 0) is 18.2 Å². The lowest BCUT2D eigenvalue weighted by Crippen LogP contribution is -2.09. The van der Waals surface area contributed by atoms with Crippen LogP contribution in [0.1, 0.15) is 0 Å². The Morgan fingerprint density at radius 3 is 2.80 bits per heavy atom. The summed E-state index contributed by atoms with van der Waals surface area (Å²) in [6.07, 6.45) is 0. The molecule has 0 spiro atoms. The summed E-state index contributed by atoms with van der Waals surface area (Å²) in [5.74, 6) is 0.409. The lowest BCUT2D eigenvalue weighted by Gasteiger charge is -2.04. The van der Waals surface area contributed by atoms with Crippen molar-refractivity contribution in [1.29, 1.82) is 0 Å². The highest BCUT2D eigenvalue weighted by Crippen LogP contribution is 2.21. The van der Waals surface area contributed by atoms with Gasteiger partial charge in [-0.1, -0.05) is 0 Å². The van der Waals surface area contributed by atoms with Gasteiger partial charge in [-0.2, -0.15) is 0 Å². The number of hydrogen-bond donors (Lipinski definition) is 2. The lowest BCUT2D eigenvalue weighted by molar-refractivity contribution is 0.158.